The van der Waals surface area contributed by atoms with Gasteiger partial charge in [0.05, 0.1) is 6.42 Å². The first-order valence-corrected chi connectivity index (χ1v) is 4.07. The summed E-state index contributed by atoms with van der Waals surface area (Å²) in [5.74, 6) is -0.627. The first-order chi connectivity index (χ1) is 6.16. The monoisotopic (exact) mass is 183 g/mol. The van der Waals surface area contributed by atoms with Gasteiger partial charge in [-0.1, -0.05) is 0 Å². The predicted molar refractivity (Wildman–Crippen MR) is 41.5 cm³/mol. The molecule has 2 rings (SSSR count). The molecule has 0 aliphatic heterocycles. The third-order valence-electron chi connectivity index (χ3n) is 1.94. The van der Waals surface area contributed by atoms with Gasteiger partial charge in [0.2, 0.25) is 5.89 Å². The maximum atomic E-state index is 10.3. The van der Waals surface area contributed by atoms with Crippen molar-refractivity contribution in [1.29, 1.82) is 0 Å². The fraction of sp³-hybridized carbons (Fsp3) is 0.500. The topological polar surface area (TPSA) is 83.6 Å². The summed E-state index contributed by atoms with van der Waals surface area (Å²) in [7, 11) is 0. The minimum Gasteiger partial charge on any atom is -0.481 e. The van der Waals surface area contributed by atoms with E-state index in [9.17, 15) is 4.79 Å². The van der Waals surface area contributed by atoms with Crippen LogP contribution in [0.4, 0.5) is 0 Å². The molecule has 1 fully saturated rings. The molecule has 0 amide bonds. The molecule has 0 bridgehead atoms. The van der Waals surface area contributed by atoms with Crippen LogP contribution in [0.2, 0.25) is 0 Å². The van der Waals surface area contributed by atoms with Gasteiger partial charge in [0.15, 0.2) is 0 Å². The molecular formula is C8H9NO4. The fourth-order valence-electron chi connectivity index (χ4n) is 1.12. The van der Waals surface area contributed by atoms with Crippen molar-refractivity contribution in [3.8, 4) is 5.95 Å². The Labute approximate surface area is 74.0 Å². The van der Waals surface area contributed by atoms with Crippen molar-refractivity contribution in [2.75, 3.05) is 0 Å². The van der Waals surface area contributed by atoms with Crippen molar-refractivity contribution >= 4 is 5.97 Å². The number of carboxylic acid groups (broad SMARTS) is 1. The molecular weight excluding hydrogens is 174 g/mol. The lowest BCUT2D eigenvalue weighted by atomic mass is 10.3. The molecule has 1 saturated carbocycles. The third kappa shape index (κ3) is 1.63. The van der Waals surface area contributed by atoms with Gasteiger partial charge in [-0.3, -0.25) is 4.79 Å². The Morgan fingerprint density at radius 2 is 2.31 bits per heavy atom. The first-order valence-electron chi connectivity index (χ1n) is 4.07. The Balaban J connectivity index is 2.19. The molecule has 1 aliphatic rings. The van der Waals surface area contributed by atoms with Crippen molar-refractivity contribution in [3.05, 3.63) is 11.6 Å². The number of aromatic nitrogens is 1. The van der Waals surface area contributed by atoms with Crippen LogP contribution in [0.1, 0.15) is 30.3 Å². The molecule has 0 saturated heterocycles. The van der Waals surface area contributed by atoms with Crippen LogP contribution in [-0.4, -0.2) is 21.2 Å². The van der Waals surface area contributed by atoms with Crippen LogP contribution in [0.25, 0.3) is 0 Å². The maximum absolute atomic E-state index is 10.3. The van der Waals surface area contributed by atoms with E-state index in [2.05, 4.69) is 4.98 Å². The van der Waals surface area contributed by atoms with Gasteiger partial charge >= 0.3 is 11.9 Å². The molecule has 0 aromatic carbocycles. The molecule has 1 aromatic rings. The Bertz CT molecular complexity index is 340. The standard InChI is InChI=1S/C8H9NO4/c10-6(11)3-5-8(12)13-7(9-5)4-1-2-4/h4,12H,1-3H2,(H,10,11). The molecule has 0 atom stereocenters. The summed E-state index contributed by atoms with van der Waals surface area (Å²) in [5, 5.41) is 17.6. The predicted octanol–water partition coefficient (Wildman–Crippen LogP) is 0.885. The largest absolute Gasteiger partial charge is 0.481 e. The zero-order valence-electron chi connectivity index (χ0n) is 6.86. The van der Waals surface area contributed by atoms with E-state index >= 15 is 0 Å². The Kier molecular flexibility index (Phi) is 1.72. The summed E-state index contributed by atoms with van der Waals surface area (Å²) in [6, 6.07) is 0. The van der Waals surface area contributed by atoms with Gasteiger partial charge in [-0.25, -0.2) is 4.98 Å². The number of hydrogen-bond donors (Lipinski definition) is 2. The number of oxazole rings is 1. The third-order valence-corrected chi connectivity index (χ3v) is 1.94. The highest BCUT2D eigenvalue weighted by atomic mass is 16.5. The second-order valence-electron chi connectivity index (χ2n) is 3.15. The van der Waals surface area contributed by atoms with Crippen molar-refractivity contribution < 1.29 is 19.4 Å². The van der Waals surface area contributed by atoms with Crippen molar-refractivity contribution in [2.24, 2.45) is 0 Å². The molecule has 70 valence electrons. The highest BCUT2D eigenvalue weighted by Crippen LogP contribution is 2.41. The molecule has 1 heterocycles. The molecule has 1 aromatic heterocycles. The quantitative estimate of drug-likeness (QED) is 0.726. The van der Waals surface area contributed by atoms with Gasteiger partial charge in [0.25, 0.3) is 0 Å². The minimum atomic E-state index is -1.02. The highest BCUT2D eigenvalue weighted by Gasteiger charge is 2.30. The summed E-state index contributed by atoms with van der Waals surface area (Å²) in [5.41, 5.74) is 0.120. The summed E-state index contributed by atoms with van der Waals surface area (Å²) in [4.78, 5) is 14.2. The van der Waals surface area contributed by atoms with Crippen LogP contribution in [0.15, 0.2) is 4.42 Å². The van der Waals surface area contributed by atoms with Gasteiger partial charge in [0, 0.05) is 5.92 Å². The van der Waals surface area contributed by atoms with Crippen LogP contribution in [0.5, 0.6) is 5.95 Å². The van der Waals surface area contributed by atoms with Gasteiger partial charge < -0.3 is 14.6 Å². The Morgan fingerprint density at radius 3 is 2.85 bits per heavy atom. The van der Waals surface area contributed by atoms with Crippen LogP contribution < -0.4 is 0 Å². The Morgan fingerprint density at radius 1 is 1.62 bits per heavy atom. The lowest BCUT2D eigenvalue weighted by Crippen LogP contribution is -2.00. The van der Waals surface area contributed by atoms with E-state index in [1.54, 1.807) is 0 Å². The van der Waals surface area contributed by atoms with Crippen molar-refractivity contribution in [3.63, 3.8) is 0 Å². The van der Waals surface area contributed by atoms with Gasteiger partial charge in [-0.15, -0.1) is 0 Å². The summed E-state index contributed by atoms with van der Waals surface area (Å²) in [6.07, 6.45) is 1.72. The summed E-state index contributed by atoms with van der Waals surface area (Å²) in [6.45, 7) is 0. The minimum absolute atomic E-state index is 0.120. The fourth-order valence-corrected chi connectivity index (χ4v) is 1.12. The Hall–Kier alpha value is -1.52. The molecule has 5 heteroatoms. The summed E-state index contributed by atoms with van der Waals surface area (Å²) < 4.78 is 4.92. The number of nitrogens with zero attached hydrogens (tertiary/aromatic N) is 1. The molecule has 0 unspecified atom stereocenters. The van der Waals surface area contributed by atoms with E-state index in [0.717, 1.165) is 12.8 Å². The number of hydrogen-bond acceptors (Lipinski definition) is 4. The highest BCUT2D eigenvalue weighted by molar-refractivity contribution is 5.70. The van der Waals surface area contributed by atoms with Gasteiger partial charge in [-0.05, 0) is 12.8 Å². The van der Waals surface area contributed by atoms with Crippen molar-refractivity contribution in [1.82, 2.24) is 4.98 Å². The molecule has 1 aliphatic carbocycles. The van der Waals surface area contributed by atoms with Gasteiger partial charge in [-0.2, -0.15) is 0 Å². The van der Waals surface area contributed by atoms with Crippen LogP contribution in [0, 0.1) is 0 Å². The molecule has 13 heavy (non-hydrogen) atoms. The number of rotatable bonds is 3. The number of carboxylic acids is 1. The normalized spacial score (nSPS) is 16.0. The second-order valence-corrected chi connectivity index (χ2v) is 3.15. The van der Waals surface area contributed by atoms with Crippen molar-refractivity contribution in [2.45, 2.75) is 25.2 Å². The zero-order chi connectivity index (χ0) is 9.42. The van der Waals surface area contributed by atoms with Crippen LogP contribution >= 0.6 is 0 Å². The number of aliphatic carboxylic acids is 1. The first kappa shape index (κ1) is 8.10. The smallest absolute Gasteiger partial charge is 0.309 e. The lowest BCUT2D eigenvalue weighted by Gasteiger charge is -1.86. The van der Waals surface area contributed by atoms with E-state index in [-0.39, 0.29) is 24.0 Å². The molecule has 0 radical (unpaired) electrons. The second kappa shape index (κ2) is 2.76. The van der Waals surface area contributed by atoms with E-state index in [0.29, 0.717) is 5.89 Å². The van der Waals surface area contributed by atoms with E-state index in [1.165, 1.54) is 0 Å². The number of aromatic hydroxyl groups is 1. The van der Waals surface area contributed by atoms with E-state index in [4.69, 9.17) is 14.6 Å². The van der Waals surface area contributed by atoms with E-state index < -0.39 is 5.97 Å². The average molecular weight is 183 g/mol. The zero-order valence-corrected chi connectivity index (χ0v) is 6.86. The van der Waals surface area contributed by atoms with E-state index in [1.807, 2.05) is 0 Å². The van der Waals surface area contributed by atoms with Gasteiger partial charge in [0.1, 0.15) is 5.69 Å². The molecule has 0 spiro atoms. The lowest BCUT2D eigenvalue weighted by molar-refractivity contribution is -0.136. The maximum Gasteiger partial charge on any atom is 0.309 e. The average Bonchev–Trinajstić information content (AvgIpc) is 2.79. The molecule has 5 nitrogen and oxygen atoms in total. The van der Waals surface area contributed by atoms with Crippen LogP contribution in [0.3, 0.4) is 0 Å². The van der Waals surface area contributed by atoms with Crippen LogP contribution in [-0.2, 0) is 11.2 Å². The molecule has 2 N–H and O–H groups in total. The SMILES string of the molecule is O=C(O)Cc1nc(C2CC2)oc1O. The summed E-state index contributed by atoms with van der Waals surface area (Å²) >= 11 is 0. The number of carbonyl (C=O) groups is 1.